The van der Waals surface area contributed by atoms with Crippen molar-refractivity contribution < 1.29 is 9.53 Å². The van der Waals surface area contributed by atoms with Crippen LogP contribution in [-0.4, -0.2) is 17.6 Å². The maximum Gasteiger partial charge on any atom is 0.308 e. The predicted octanol–water partition coefficient (Wildman–Crippen LogP) is 3.83. The molecule has 1 heterocycles. The monoisotopic (exact) mass is 271 g/mol. The van der Waals surface area contributed by atoms with Crippen molar-refractivity contribution in [3.8, 4) is 0 Å². The average Bonchev–Trinajstić information content (AvgIpc) is 2.92. The molecule has 1 fully saturated rings. The fourth-order valence-electron chi connectivity index (χ4n) is 3.06. The van der Waals surface area contributed by atoms with E-state index in [1.807, 2.05) is 18.3 Å². The molecule has 1 aromatic carbocycles. The molecular weight excluding hydrogens is 250 g/mol. The van der Waals surface area contributed by atoms with Crippen LogP contribution in [0.5, 0.6) is 0 Å². The fraction of sp³-hybridized carbons (Fsp3) is 0.471. The average molecular weight is 271 g/mol. The Morgan fingerprint density at radius 2 is 2.00 bits per heavy atom. The number of hydrogen-bond acceptors (Lipinski definition) is 2. The molecule has 106 valence electrons. The first kappa shape index (κ1) is 13.2. The number of aromatic amines is 1. The molecule has 0 spiro atoms. The van der Waals surface area contributed by atoms with E-state index in [4.69, 9.17) is 4.74 Å². The SMILES string of the molecule is O=C(OCCc1c[nH]c2ccccc12)C1CCCCC1. The van der Waals surface area contributed by atoms with Gasteiger partial charge in [-0.25, -0.2) is 0 Å². The Bertz CT molecular complexity index is 581. The molecule has 2 aromatic rings. The summed E-state index contributed by atoms with van der Waals surface area (Å²) < 4.78 is 5.45. The standard InChI is InChI=1S/C17H21NO2/c19-17(13-6-2-1-3-7-13)20-11-10-14-12-18-16-9-5-4-8-15(14)16/h4-5,8-9,12-13,18H,1-3,6-7,10-11H2. The highest BCUT2D eigenvalue weighted by Gasteiger charge is 2.22. The van der Waals surface area contributed by atoms with E-state index in [1.165, 1.54) is 30.2 Å². The Morgan fingerprint density at radius 1 is 1.20 bits per heavy atom. The van der Waals surface area contributed by atoms with Crippen LogP contribution in [0.2, 0.25) is 0 Å². The third-order valence-electron chi connectivity index (χ3n) is 4.23. The summed E-state index contributed by atoms with van der Waals surface area (Å²) in [6, 6.07) is 8.22. The van der Waals surface area contributed by atoms with E-state index in [9.17, 15) is 4.79 Å². The number of para-hydroxylation sites is 1. The molecule has 0 atom stereocenters. The molecular formula is C17H21NO2. The third kappa shape index (κ3) is 2.87. The largest absolute Gasteiger partial charge is 0.465 e. The van der Waals surface area contributed by atoms with Gasteiger partial charge in [-0.2, -0.15) is 0 Å². The number of fused-ring (bicyclic) bond motifs is 1. The number of carbonyl (C=O) groups is 1. The van der Waals surface area contributed by atoms with Crippen LogP contribution in [0.25, 0.3) is 10.9 Å². The van der Waals surface area contributed by atoms with Gasteiger partial charge in [0.25, 0.3) is 0 Å². The van der Waals surface area contributed by atoms with E-state index in [0.29, 0.717) is 6.61 Å². The molecule has 1 aliphatic carbocycles. The van der Waals surface area contributed by atoms with Gasteiger partial charge in [0.2, 0.25) is 0 Å². The zero-order chi connectivity index (χ0) is 13.8. The topological polar surface area (TPSA) is 42.1 Å². The van der Waals surface area contributed by atoms with Gasteiger partial charge in [-0.15, -0.1) is 0 Å². The van der Waals surface area contributed by atoms with Gasteiger partial charge in [0, 0.05) is 23.5 Å². The Balaban J connectivity index is 1.53. The van der Waals surface area contributed by atoms with E-state index in [-0.39, 0.29) is 11.9 Å². The predicted molar refractivity (Wildman–Crippen MR) is 79.5 cm³/mol. The number of carbonyl (C=O) groups excluding carboxylic acids is 1. The minimum atomic E-state index is 0.00420. The molecule has 0 bridgehead atoms. The first-order chi connectivity index (χ1) is 9.84. The highest BCUT2D eigenvalue weighted by atomic mass is 16.5. The van der Waals surface area contributed by atoms with E-state index >= 15 is 0 Å². The normalized spacial score (nSPS) is 16.4. The molecule has 0 unspecified atom stereocenters. The summed E-state index contributed by atoms with van der Waals surface area (Å²) in [7, 11) is 0. The van der Waals surface area contributed by atoms with Gasteiger partial charge in [0.15, 0.2) is 0 Å². The quantitative estimate of drug-likeness (QED) is 0.859. The van der Waals surface area contributed by atoms with Crippen molar-refractivity contribution in [2.45, 2.75) is 38.5 Å². The third-order valence-corrected chi connectivity index (χ3v) is 4.23. The molecule has 1 saturated carbocycles. The van der Waals surface area contributed by atoms with E-state index in [0.717, 1.165) is 24.8 Å². The molecule has 3 heteroatoms. The molecule has 0 aliphatic heterocycles. The number of ether oxygens (including phenoxy) is 1. The maximum absolute atomic E-state index is 12.0. The number of nitrogens with one attached hydrogen (secondary N) is 1. The van der Waals surface area contributed by atoms with Gasteiger partial charge in [-0.3, -0.25) is 4.79 Å². The van der Waals surface area contributed by atoms with Gasteiger partial charge in [0.1, 0.15) is 0 Å². The van der Waals surface area contributed by atoms with E-state index in [2.05, 4.69) is 17.1 Å². The number of H-pyrrole nitrogens is 1. The Kier molecular flexibility index (Phi) is 4.05. The van der Waals surface area contributed by atoms with Gasteiger partial charge >= 0.3 is 5.97 Å². The zero-order valence-corrected chi connectivity index (χ0v) is 11.7. The van der Waals surface area contributed by atoms with Crippen LogP contribution in [0, 0.1) is 5.92 Å². The lowest BCUT2D eigenvalue weighted by atomic mass is 9.89. The Hall–Kier alpha value is -1.77. The summed E-state index contributed by atoms with van der Waals surface area (Å²) in [6.45, 7) is 0.483. The fourth-order valence-corrected chi connectivity index (χ4v) is 3.06. The molecule has 1 aromatic heterocycles. The first-order valence-electron chi connectivity index (χ1n) is 7.56. The second-order valence-corrected chi connectivity index (χ2v) is 5.61. The lowest BCUT2D eigenvalue weighted by Gasteiger charge is -2.19. The van der Waals surface area contributed by atoms with Crippen molar-refractivity contribution in [1.29, 1.82) is 0 Å². The van der Waals surface area contributed by atoms with Crippen LogP contribution in [0.1, 0.15) is 37.7 Å². The van der Waals surface area contributed by atoms with Crippen LogP contribution in [-0.2, 0) is 16.0 Å². The number of rotatable bonds is 4. The van der Waals surface area contributed by atoms with Gasteiger partial charge < -0.3 is 9.72 Å². The highest BCUT2D eigenvalue weighted by Crippen LogP contribution is 2.25. The second-order valence-electron chi connectivity index (χ2n) is 5.61. The van der Waals surface area contributed by atoms with Gasteiger partial charge in [-0.05, 0) is 24.5 Å². The van der Waals surface area contributed by atoms with Crippen molar-refractivity contribution in [2.75, 3.05) is 6.61 Å². The molecule has 3 nitrogen and oxygen atoms in total. The van der Waals surface area contributed by atoms with E-state index in [1.54, 1.807) is 0 Å². The molecule has 0 radical (unpaired) electrons. The van der Waals surface area contributed by atoms with Gasteiger partial charge in [0.05, 0.1) is 12.5 Å². The van der Waals surface area contributed by atoms with Crippen LogP contribution in [0.15, 0.2) is 30.5 Å². The summed E-state index contributed by atoms with van der Waals surface area (Å²) in [5.74, 6) is 0.149. The van der Waals surface area contributed by atoms with Crippen molar-refractivity contribution in [2.24, 2.45) is 5.92 Å². The summed E-state index contributed by atoms with van der Waals surface area (Å²) >= 11 is 0. The minimum absolute atomic E-state index is 0.00420. The molecule has 1 N–H and O–H groups in total. The van der Waals surface area contributed by atoms with Crippen molar-refractivity contribution >= 4 is 16.9 Å². The van der Waals surface area contributed by atoms with Crippen LogP contribution < -0.4 is 0 Å². The number of esters is 1. The number of hydrogen-bond donors (Lipinski definition) is 1. The summed E-state index contributed by atoms with van der Waals surface area (Å²) in [5, 5.41) is 1.22. The minimum Gasteiger partial charge on any atom is -0.465 e. The molecule has 3 rings (SSSR count). The van der Waals surface area contributed by atoms with Crippen molar-refractivity contribution in [1.82, 2.24) is 4.98 Å². The first-order valence-corrected chi connectivity index (χ1v) is 7.56. The molecule has 1 aliphatic rings. The molecule has 20 heavy (non-hydrogen) atoms. The molecule has 0 amide bonds. The Morgan fingerprint density at radius 3 is 2.85 bits per heavy atom. The van der Waals surface area contributed by atoms with Crippen LogP contribution in [0.3, 0.4) is 0 Å². The van der Waals surface area contributed by atoms with Crippen molar-refractivity contribution in [3.63, 3.8) is 0 Å². The smallest absolute Gasteiger partial charge is 0.308 e. The maximum atomic E-state index is 12.0. The van der Waals surface area contributed by atoms with E-state index < -0.39 is 0 Å². The van der Waals surface area contributed by atoms with Crippen LogP contribution in [0.4, 0.5) is 0 Å². The second kappa shape index (κ2) is 6.12. The number of benzene rings is 1. The van der Waals surface area contributed by atoms with Gasteiger partial charge in [-0.1, -0.05) is 37.5 Å². The van der Waals surface area contributed by atoms with Crippen LogP contribution >= 0.6 is 0 Å². The lowest BCUT2D eigenvalue weighted by Crippen LogP contribution is -2.21. The summed E-state index contributed by atoms with van der Waals surface area (Å²) in [4.78, 5) is 15.2. The number of aromatic nitrogens is 1. The zero-order valence-electron chi connectivity index (χ0n) is 11.7. The summed E-state index contributed by atoms with van der Waals surface area (Å²) in [6.07, 6.45) is 8.41. The summed E-state index contributed by atoms with van der Waals surface area (Å²) in [5.41, 5.74) is 2.36. The van der Waals surface area contributed by atoms with Crippen molar-refractivity contribution in [3.05, 3.63) is 36.0 Å². The Labute approximate surface area is 119 Å². The lowest BCUT2D eigenvalue weighted by molar-refractivity contribution is -0.149. The highest BCUT2D eigenvalue weighted by molar-refractivity contribution is 5.83. The molecule has 0 saturated heterocycles.